The quantitative estimate of drug-likeness (QED) is 0.874. The maximum Gasteiger partial charge on any atom is 0.234 e. The fourth-order valence-corrected chi connectivity index (χ4v) is 4.11. The Morgan fingerprint density at radius 3 is 2.65 bits per heavy atom. The van der Waals surface area contributed by atoms with Crippen LogP contribution in [-0.2, 0) is 10.2 Å². The fourth-order valence-electron chi connectivity index (χ4n) is 4.11. The van der Waals surface area contributed by atoms with Crippen molar-refractivity contribution in [2.24, 2.45) is 0 Å². The van der Waals surface area contributed by atoms with E-state index < -0.39 is 0 Å². The highest BCUT2D eigenvalue weighted by Gasteiger charge is 2.35. The van der Waals surface area contributed by atoms with Crippen LogP contribution < -0.4 is 5.32 Å². The smallest absolute Gasteiger partial charge is 0.234 e. The highest BCUT2D eigenvalue weighted by atomic mass is 16.3. The Morgan fingerprint density at radius 2 is 1.96 bits per heavy atom. The van der Waals surface area contributed by atoms with Gasteiger partial charge < -0.3 is 10.4 Å². The number of hydrogen-bond acceptors (Lipinski definition) is 3. The molecule has 4 heteroatoms. The first kappa shape index (κ1) is 16.5. The molecule has 1 atom stereocenters. The van der Waals surface area contributed by atoms with Crippen LogP contribution in [-0.4, -0.2) is 48.2 Å². The molecule has 1 aromatic rings. The highest BCUT2D eigenvalue weighted by Crippen LogP contribution is 2.40. The van der Waals surface area contributed by atoms with Crippen LogP contribution in [0.1, 0.15) is 44.1 Å². The minimum absolute atomic E-state index is 0.0845. The van der Waals surface area contributed by atoms with Gasteiger partial charge in [-0.15, -0.1) is 0 Å². The van der Waals surface area contributed by atoms with E-state index in [1.54, 1.807) is 0 Å². The molecule has 1 heterocycles. The van der Waals surface area contributed by atoms with E-state index in [0.29, 0.717) is 13.1 Å². The molecule has 1 saturated carbocycles. The predicted octanol–water partition coefficient (Wildman–Crippen LogP) is 2.07. The molecule has 1 aliphatic carbocycles. The molecule has 1 aromatic carbocycles. The molecular weight excluding hydrogens is 288 g/mol. The van der Waals surface area contributed by atoms with E-state index in [9.17, 15) is 9.90 Å². The molecule has 0 radical (unpaired) electrons. The molecule has 1 aliphatic heterocycles. The van der Waals surface area contributed by atoms with Gasteiger partial charge in [0, 0.05) is 18.5 Å². The topological polar surface area (TPSA) is 52.6 Å². The van der Waals surface area contributed by atoms with Crippen molar-refractivity contribution in [3.8, 4) is 0 Å². The number of aliphatic hydroxyl groups excluding tert-OH is 1. The molecule has 1 saturated heterocycles. The second kappa shape index (κ2) is 7.45. The monoisotopic (exact) mass is 316 g/mol. The molecule has 2 N–H and O–H groups in total. The van der Waals surface area contributed by atoms with Crippen molar-refractivity contribution in [3.63, 3.8) is 0 Å². The van der Waals surface area contributed by atoms with Crippen molar-refractivity contribution in [3.05, 3.63) is 35.9 Å². The maximum absolute atomic E-state index is 12.3. The molecule has 2 fully saturated rings. The van der Waals surface area contributed by atoms with E-state index >= 15 is 0 Å². The molecule has 4 nitrogen and oxygen atoms in total. The van der Waals surface area contributed by atoms with Crippen LogP contribution in [0.25, 0.3) is 0 Å². The minimum atomic E-state index is -0.276. The summed E-state index contributed by atoms with van der Waals surface area (Å²) in [6.45, 7) is 2.67. The van der Waals surface area contributed by atoms with Crippen LogP contribution in [0, 0.1) is 0 Å². The largest absolute Gasteiger partial charge is 0.392 e. The van der Waals surface area contributed by atoms with Crippen LogP contribution in [0.2, 0.25) is 0 Å². The van der Waals surface area contributed by atoms with Gasteiger partial charge in [-0.25, -0.2) is 0 Å². The maximum atomic E-state index is 12.3. The molecule has 2 aliphatic rings. The molecule has 3 rings (SSSR count). The van der Waals surface area contributed by atoms with Crippen LogP contribution in [0.5, 0.6) is 0 Å². The van der Waals surface area contributed by atoms with Gasteiger partial charge in [0.1, 0.15) is 0 Å². The lowest BCUT2D eigenvalue weighted by Crippen LogP contribution is -2.46. The first-order valence-electron chi connectivity index (χ1n) is 8.91. The van der Waals surface area contributed by atoms with E-state index in [1.807, 2.05) is 6.07 Å². The number of carbonyl (C=O) groups excluding carboxylic acids is 1. The van der Waals surface area contributed by atoms with Crippen molar-refractivity contribution >= 4 is 5.91 Å². The van der Waals surface area contributed by atoms with Gasteiger partial charge in [0.25, 0.3) is 0 Å². The average Bonchev–Trinajstić information content (AvgIpc) is 3.04. The lowest BCUT2D eigenvalue weighted by atomic mass is 9.79. The summed E-state index contributed by atoms with van der Waals surface area (Å²) in [5, 5.41) is 12.9. The number of piperidine rings is 1. The SMILES string of the molecule is O=C(CN1CCCC(O)C1)NCC1(c2ccccc2)CCCC1. The van der Waals surface area contributed by atoms with Gasteiger partial charge in [-0.1, -0.05) is 43.2 Å². The number of nitrogens with one attached hydrogen (secondary N) is 1. The van der Waals surface area contributed by atoms with Gasteiger partial charge in [-0.05, 0) is 37.8 Å². The summed E-state index contributed by atoms with van der Waals surface area (Å²) >= 11 is 0. The third-order valence-corrected chi connectivity index (χ3v) is 5.42. The number of aliphatic hydroxyl groups is 1. The third kappa shape index (κ3) is 4.12. The second-order valence-corrected chi connectivity index (χ2v) is 7.16. The van der Waals surface area contributed by atoms with Crippen molar-refractivity contribution < 1.29 is 9.90 Å². The number of benzene rings is 1. The number of hydrogen-bond donors (Lipinski definition) is 2. The number of carbonyl (C=O) groups is 1. The van der Waals surface area contributed by atoms with E-state index in [2.05, 4.69) is 34.5 Å². The predicted molar refractivity (Wildman–Crippen MR) is 91.3 cm³/mol. The summed E-state index contributed by atoms with van der Waals surface area (Å²) in [7, 11) is 0. The van der Waals surface area contributed by atoms with Crippen molar-refractivity contribution in [2.75, 3.05) is 26.2 Å². The highest BCUT2D eigenvalue weighted by molar-refractivity contribution is 5.78. The molecular formula is C19H28N2O2. The Kier molecular flexibility index (Phi) is 5.34. The van der Waals surface area contributed by atoms with Crippen LogP contribution in [0.4, 0.5) is 0 Å². The van der Waals surface area contributed by atoms with Crippen molar-refractivity contribution in [2.45, 2.75) is 50.0 Å². The molecule has 0 aromatic heterocycles. The van der Waals surface area contributed by atoms with E-state index in [-0.39, 0.29) is 17.4 Å². The summed E-state index contributed by atoms with van der Waals surface area (Å²) < 4.78 is 0. The van der Waals surface area contributed by atoms with Crippen molar-refractivity contribution in [1.82, 2.24) is 10.2 Å². The van der Waals surface area contributed by atoms with Crippen LogP contribution in [0.3, 0.4) is 0 Å². The number of β-amino-alcohol motifs (C(OH)–C–C–N with tert-alkyl or cyclic N) is 1. The van der Waals surface area contributed by atoms with Gasteiger partial charge in [0.05, 0.1) is 12.6 Å². The summed E-state index contributed by atoms with van der Waals surface area (Å²) in [5.74, 6) is 0.0845. The lowest BCUT2D eigenvalue weighted by Gasteiger charge is -2.32. The van der Waals surface area contributed by atoms with E-state index in [0.717, 1.165) is 38.8 Å². The molecule has 1 unspecified atom stereocenters. The minimum Gasteiger partial charge on any atom is -0.392 e. The standard InChI is InChI=1S/C19H28N2O2/c22-17-9-6-12-21(13-17)14-18(23)20-15-19(10-4-5-11-19)16-7-2-1-3-8-16/h1-3,7-8,17,22H,4-6,9-15H2,(H,20,23). The van der Waals surface area contributed by atoms with Gasteiger partial charge >= 0.3 is 0 Å². The number of likely N-dealkylation sites (tertiary alicyclic amines) is 1. The Hall–Kier alpha value is -1.39. The molecule has 0 spiro atoms. The first-order chi connectivity index (χ1) is 11.2. The summed E-state index contributed by atoms with van der Waals surface area (Å²) in [5.41, 5.74) is 1.46. The molecule has 1 amide bonds. The van der Waals surface area contributed by atoms with Gasteiger partial charge in [-0.2, -0.15) is 0 Å². The number of rotatable bonds is 5. The van der Waals surface area contributed by atoms with E-state index in [1.165, 1.54) is 18.4 Å². The Bertz CT molecular complexity index is 511. The molecule has 0 bridgehead atoms. The average molecular weight is 316 g/mol. The van der Waals surface area contributed by atoms with Crippen molar-refractivity contribution in [1.29, 1.82) is 0 Å². The second-order valence-electron chi connectivity index (χ2n) is 7.16. The number of nitrogens with zero attached hydrogens (tertiary/aromatic N) is 1. The summed E-state index contributed by atoms with van der Waals surface area (Å²) in [6.07, 6.45) is 6.34. The van der Waals surface area contributed by atoms with Gasteiger partial charge in [0.2, 0.25) is 5.91 Å². The summed E-state index contributed by atoms with van der Waals surface area (Å²) in [6, 6.07) is 10.6. The lowest BCUT2D eigenvalue weighted by molar-refractivity contribution is -0.123. The molecule has 126 valence electrons. The summed E-state index contributed by atoms with van der Waals surface area (Å²) in [4.78, 5) is 14.4. The van der Waals surface area contributed by atoms with E-state index in [4.69, 9.17) is 0 Å². The Balaban J connectivity index is 1.56. The Morgan fingerprint density at radius 1 is 1.22 bits per heavy atom. The van der Waals surface area contributed by atoms with Gasteiger partial charge in [-0.3, -0.25) is 9.69 Å². The van der Waals surface area contributed by atoms with Crippen LogP contribution >= 0.6 is 0 Å². The zero-order chi connectivity index (χ0) is 16.1. The Labute approximate surface area is 138 Å². The van der Waals surface area contributed by atoms with Gasteiger partial charge in [0.15, 0.2) is 0 Å². The first-order valence-corrected chi connectivity index (χ1v) is 8.91. The van der Waals surface area contributed by atoms with Crippen LogP contribution in [0.15, 0.2) is 30.3 Å². The zero-order valence-electron chi connectivity index (χ0n) is 13.8. The normalized spacial score (nSPS) is 24.5. The molecule has 23 heavy (non-hydrogen) atoms. The third-order valence-electron chi connectivity index (χ3n) is 5.42. The number of amides is 1. The zero-order valence-corrected chi connectivity index (χ0v) is 13.8. The fraction of sp³-hybridized carbons (Fsp3) is 0.632.